The summed E-state index contributed by atoms with van der Waals surface area (Å²) in [6, 6.07) is 14.9. The second kappa shape index (κ2) is 7.93. The van der Waals surface area contributed by atoms with E-state index in [1.54, 1.807) is 19.2 Å². The zero-order chi connectivity index (χ0) is 19.7. The third-order valence-electron chi connectivity index (χ3n) is 5.40. The first-order chi connectivity index (χ1) is 13.6. The highest BCUT2D eigenvalue weighted by Crippen LogP contribution is 2.28. The number of hydrogen-bond acceptors (Lipinski definition) is 5. The lowest BCUT2D eigenvalue weighted by Gasteiger charge is -2.38. The molecule has 0 aromatic heterocycles. The van der Waals surface area contributed by atoms with Crippen LogP contribution in [0.25, 0.3) is 0 Å². The Bertz CT molecular complexity index is 861. The van der Waals surface area contributed by atoms with Gasteiger partial charge in [0.05, 0.1) is 25.3 Å². The lowest BCUT2D eigenvalue weighted by Crippen LogP contribution is -2.52. The van der Waals surface area contributed by atoms with Crippen LogP contribution in [0.3, 0.4) is 0 Å². The first-order valence-corrected chi connectivity index (χ1v) is 10.1. The lowest BCUT2D eigenvalue weighted by atomic mass is 10.1. The first-order valence-electron chi connectivity index (χ1n) is 9.32. The van der Waals surface area contributed by atoms with Gasteiger partial charge in [0, 0.05) is 36.3 Å². The number of benzene rings is 2. The van der Waals surface area contributed by atoms with Gasteiger partial charge >= 0.3 is 0 Å². The van der Waals surface area contributed by atoms with Crippen LogP contribution in [-0.4, -0.2) is 56.0 Å². The highest BCUT2D eigenvalue weighted by atomic mass is 79.9. The SMILES string of the molecule is COc1ccc(N2CCN([C@@H]3CC(=O)N(c4ccc(Br)cc4)C3=O)CC2)cc1. The molecule has 146 valence electrons. The standard InChI is InChI=1S/C21H22BrN3O3/c1-28-18-8-6-16(7-9-18)23-10-12-24(13-11-23)19-14-20(26)25(21(19)27)17-4-2-15(22)3-5-17/h2-9,19H,10-14H2,1H3/t19-/m1/s1. The zero-order valence-corrected chi connectivity index (χ0v) is 17.3. The molecule has 2 aliphatic heterocycles. The summed E-state index contributed by atoms with van der Waals surface area (Å²) < 4.78 is 6.13. The van der Waals surface area contributed by atoms with E-state index in [1.165, 1.54) is 4.90 Å². The Morgan fingerprint density at radius 3 is 2.11 bits per heavy atom. The Labute approximate surface area is 172 Å². The predicted molar refractivity (Wildman–Crippen MR) is 112 cm³/mol. The number of carbonyl (C=O) groups is 2. The number of anilines is 2. The average molecular weight is 444 g/mol. The molecule has 7 heteroatoms. The van der Waals surface area contributed by atoms with Crippen LogP contribution in [-0.2, 0) is 9.59 Å². The largest absolute Gasteiger partial charge is 0.497 e. The Morgan fingerprint density at radius 1 is 0.893 bits per heavy atom. The fourth-order valence-corrected chi connectivity index (χ4v) is 4.11. The highest BCUT2D eigenvalue weighted by Gasteiger charge is 2.43. The molecule has 0 radical (unpaired) electrons. The second-order valence-electron chi connectivity index (χ2n) is 6.98. The summed E-state index contributed by atoms with van der Waals surface area (Å²) in [6.07, 6.45) is 0.247. The van der Waals surface area contributed by atoms with Crippen LogP contribution >= 0.6 is 15.9 Å². The minimum atomic E-state index is -0.367. The normalized spacial score (nSPS) is 20.7. The van der Waals surface area contributed by atoms with Crippen molar-refractivity contribution in [2.45, 2.75) is 12.5 Å². The molecule has 0 spiro atoms. The van der Waals surface area contributed by atoms with Gasteiger partial charge in [0.2, 0.25) is 5.91 Å². The fourth-order valence-electron chi connectivity index (χ4n) is 3.85. The van der Waals surface area contributed by atoms with Crippen LogP contribution in [0.15, 0.2) is 53.0 Å². The van der Waals surface area contributed by atoms with Crippen LogP contribution in [0, 0.1) is 0 Å². The van der Waals surface area contributed by atoms with E-state index in [-0.39, 0.29) is 24.3 Å². The van der Waals surface area contributed by atoms with Crippen molar-refractivity contribution in [3.63, 3.8) is 0 Å². The molecule has 0 aliphatic carbocycles. The summed E-state index contributed by atoms with van der Waals surface area (Å²) in [5.74, 6) is 0.589. The van der Waals surface area contributed by atoms with Gasteiger partial charge in [-0.1, -0.05) is 15.9 Å². The van der Waals surface area contributed by atoms with Gasteiger partial charge < -0.3 is 9.64 Å². The van der Waals surface area contributed by atoms with E-state index in [4.69, 9.17) is 4.74 Å². The summed E-state index contributed by atoms with van der Waals surface area (Å²) in [5, 5.41) is 0. The molecule has 2 fully saturated rings. The molecule has 0 saturated carbocycles. The van der Waals surface area contributed by atoms with Crippen molar-refractivity contribution in [1.29, 1.82) is 0 Å². The number of carbonyl (C=O) groups excluding carboxylic acids is 2. The van der Waals surface area contributed by atoms with E-state index in [2.05, 4.69) is 25.7 Å². The number of nitrogens with zero attached hydrogens (tertiary/aromatic N) is 3. The van der Waals surface area contributed by atoms with Crippen molar-refractivity contribution >= 4 is 39.1 Å². The number of rotatable bonds is 4. The van der Waals surface area contributed by atoms with Crippen molar-refractivity contribution in [2.75, 3.05) is 43.1 Å². The first kappa shape index (κ1) is 19.0. The number of amides is 2. The Balaban J connectivity index is 1.41. The maximum Gasteiger partial charge on any atom is 0.251 e. The maximum absolute atomic E-state index is 12.9. The number of piperazine rings is 1. The van der Waals surface area contributed by atoms with Crippen molar-refractivity contribution in [3.05, 3.63) is 53.0 Å². The Morgan fingerprint density at radius 2 is 1.50 bits per heavy atom. The van der Waals surface area contributed by atoms with Crippen LogP contribution in [0.2, 0.25) is 0 Å². The molecule has 1 atom stereocenters. The van der Waals surface area contributed by atoms with Gasteiger partial charge in [-0.2, -0.15) is 0 Å². The molecule has 28 heavy (non-hydrogen) atoms. The van der Waals surface area contributed by atoms with Crippen molar-refractivity contribution in [3.8, 4) is 5.75 Å². The second-order valence-corrected chi connectivity index (χ2v) is 7.90. The van der Waals surface area contributed by atoms with Crippen molar-refractivity contribution in [1.82, 2.24) is 4.90 Å². The van der Waals surface area contributed by atoms with Gasteiger partial charge in [-0.05, 0) is 48.5 Å². The zero-order valence-electron chi connectivity index (χ0n) is 15.7. The summed E-state index contributed by atoms with van der Waals surface area (Å²) in [7, 11) is 1.66. The fraction of sp³-hybridized carbons (Fsp3) is 0.333. The van der Waals surface area contributed by atoms with E-state index in [0.29, 0.717) is 5.69 Å². The van der Waals surface area contributed by atoms with Gasteiger partial charge in [-0.3, -0.25) is 14.5 Å². The van der Waals surface area contributed by atoms with Gasteiger partial charge in [0.15, 0.2) is 0 Å². The smallest absolute Gasteiger partial charge is 0.251 e. The van der Waals surface area contributed by atoms with Gasteiger partial charge in [-0.25, -0.2) is 4.90 Å². The summed E-state index contributed by atoms with van der Waals surface area (Å²) in [5.41, 5.74) is 1.78. The van der Waals surface area contributed by atoms with Crippen molar-refractivity contribution in [2.24, 2.45) is 0 Å². The predicted octanol–water partition coefficient (Wildman–Crippen LogP) is 2.91. The van der Waals surface area contributed by atoms with E-state index in [0.717, 1.165) is 42.1 Å². The van der Waals surface area contributed by atoms with E-state index < -0.39 is 0 Å². The minimum absolute atomic E-state index is 0.120. The average Bonchev–Trinajstić information content (AvgIpc) is 3.03. The van der Waals surface area contributed by atoms with Gasteiger partial charge in [-0.15, -0.1) is 0 Å². The van der Waals surface area contributed by atoms with Crippen LogP contribution < -0.4 is 14.5 Å². The number of ether oxygens (including phenoxy) is 1. The molecule has 2 amide bonds. The molecule has 0 bridgehead atoms. The Kier molecular flexibility index (Phi) is 5.37. The van der Waals surface area contributed by atoms with E-state index in [1.807, 2.05) is 36.4 Å². The third-order valence-corrected chi connectivity index (χ3v) is 5.93. The molecule has 2 aliphatic rings. The number of imide groups is 1. The number of halogens is 1. The highest BCUT2D eigenvalue weighted by molar-refractivity contribution is 9.10. The number of methoxy groups -OCH3 is 1. The van der Waals surface area contributed by atoms with Crippen LogP contribution in [0.5, 0.6) is 5.75 Å². The monoisotopic (exact) mass is 443 g/mol. The summed E-state index contributed by atoms with van der Waals surface area (Å²) in [6.45, 7) is 3.15. The molecule has 4 rings (SSSR count). The minimum Gasteiger partial charge on any atom is -0.497 e. The van der Waals surface area contributed by atoms with Gasteiger partial charge in [0.25, 0.3) is 5.91 Å². The molecular weight excluding hydrogens is 422 g/mol. The molecular formula is C21H22BrN3O3. The van der Waals surface area contributed by atoms with E-state index >= 15 is 0 Å². The lowest BCUT2D eigenvalue weighted by molar-refractivity contribution is -0.123. The molecule has 0 unspecified atom stereocenters. The van der Waals surface area contributed by atoms with Crippen LogP contribution in [0.1, 0.15) is 6.42 Å². The molecule has 6 nitrogen and oxygen atoms in total. The van der Waals surface area contributed by atoms with Gasteiger partial charge in [0.1, 0.15) is 5.75 Å². The summed E-state index contributed by atoms with van der Waals surface area (Å²) in [4.78, 5) is 31.2. The quantitative estimate of drug-likeness (QED) is 0.679. The number of hydrogen-bond donors (Lipinski definition) is 0. The van der Waals surface area contributed by atoms with E-state index in [9.17, 15) is 9.59 Å². The molecule has 2 aromatic carbocycles. The molecule has 2 saturated heterocycles. The topological polar surface area (TPSA) is 53.1 Å². The Hall–Kier alpha value is -2.38. The van der Waals surface area contributed by atoms with Crippen LogP contribution in [0.4, 0.5) is 11.4 Å². The molecule has 0 N–H and O–H groups in total. The summed E-state index contributed by atoms with van der Waals surface area (Å²) >= 11 is 3.38. The molecule has 2 aromatic rings. The maximum atomic E-state index is 12.9. The molecule has 2 heterocycles. The van der Waals surface area contributed by atoms with Crippen molar-refractivity contribution < 1.29 is 14.3 Å². The third kappa shape index (κ3) is 3.64.